The van der Waals surface area contributed by atoms with Crippen molar-refractivity contribution in [2.75, 3.05) is 7.11 Å². The van der Waals surface area contributed by atoms with Crippen molar-refractivity contribution in [2.24, 2.45) is 5.92 Å². The minimum absolute atomic E-state index is 0.0442. The third kappa shape index (κ3) is 6.65. The molecule has 0 aliphatic heterocycles. The molecule has 0 amide bonds. The van der Waals surface area contributed by atoms with Crippen molar-refractivity contribution in [3.8, 4) is 5.75 Å². The Hall–Kier alpha value is -1.52. The van der Waals surface area contributed by atoms with Crippen molar-refractivity contribution in [3.63, 3.8) is 0 Å². The number of ether oxygens (including phenoxy) is 1. The molecular weight excluding hydrogens is 281 g/mol. The van der Waals surface area contributed by atoms with Crippen LogP contribution >= 0.6 is 0 Å². The summed E-state index contributed by atoms with van der Waals surface area (Å²) in [7, 11) is 1.28. The van der Waals surface area contributed by atoms with E-state index >= 15 is 0 Å². The molecule has 0 bridgehead atoms. The number of hydrogen-bond acceptors (Lipinski definition) is 2. The molecule has 21 heavy (non-hydrogen) atoms. The topological polar surface area (TPSA) is 26.3 Å². The zero-order valence-corrected chi connectivity index (χ0v) is 13.2. The van der Waals surface area contributed by atoms with E-state index in [2.05, 4.69) is 0 Å². The van der Waals surface area contributed by atoms with E-state index < -0.39 is 11.7 Å². The number of benzene rings is 1. The van der Waals surface area contributed by atoms with Crippen molar-refractivity contribution < 1.29 is 22.7 Å². The number of alkyl halides is 3. The number of Topliss-reactive ketones (excluding diaryl/α,β-unsaturated/α-hetero) is 1. The average Bonchev–Trinajstić information content (AvgIpc) is 2.45. The second kappa shape index (κ2) is 8.70. The van der Waals surface area contributed by atoms with E-state index in [1.807, 2.05) is 27.7 Å². The molecule has 0 atom stereocenters. The SMILES string of the molecule is CC.COc1cc(C(=O)CCC(C)C)cc(C(F)(F)F)c1. The monoisotopic (exact) mass is 304 g/mol. The standard InChI is InChI=1S/C14H17F3O2.C2H6/c1-9(2)4-5-13(18)10-6-11(14(15,16)17)8-12(7-10)19-3;1-2/h6-9H,4-5H2,1-3H3;1-2H3. The predicted octanol–water partition coefficient (Wildman–Crippen LogP) is 5.36. The molecule has 120 valence electrons. The van der Waals surface area contributed by atoms with Gasteiger partial charge in [-0.3, -0.25) is 4.79 Å². The van der Waals surface area contributed by atoms with Gasteiger partial charge < -0.3 is 4.74 Å². The van der Waals surface area contributed by atoms with Gasteiger partial charge in [-0.2, -0.15) is 13.2 Å². The number of carbonyl (C=O) groups is 1. The van der Waals surface area contributed by atoms with Crippen LogP contribution in [-0.4, -0.2) is 12.9 Å². The Labute approximate surface area is 124 Å². The number of methoxy groups -OCH3 is 1. The quantitative estimate of drug-likeness (QED) is 0.685. The molecule has 1 aromatic rings. The third-order valence-electron chi connectivity index (χ3n) is 2.74. The van der Waals surface area contributed by atoms with E-state index in [1.54, 1.807) is 0 Å². The smallest absolute Gasteiger partial charge is 0.416 e. The summed E-state index contributed by atoms with van der Waals surface area (Å²) in [6, 6.07) is 3.11. The lowest BCUT2D eigenvalue weighted by molar-refractivity contribution is -0.137. The van der Waals surface area contributed by atoms with Gasteiger partial charge in [-0.1, -0.05) is 27.7 Å². The van der Waals surface area contributed by atoms with E-state index in [0.29, 0.717) is 12.3 Å². The van der Waals surface area contributed by atoms with Gasteiger partial charge in [0.25, 0.3) is 0 Å². The van der Waals surface area contributed by atoms with Gasteiger partial charge in [-0.25, -0.2) is 0 Å². The highest BCUT2D eigenvalue weighted by atomic mass is 19.4. The fourth-order valence-electron chi connectivity index (χ4n) is 1.61. The van der Waals surface area contributed by atoms with Crippen molar-refractivity contribution in [1.82, 2.24) is 0 Å². The fourth-order valence-corrected chi connectivity index (χ4v) is 1.61. The first-order chi connectivity index (χ1) is 9.74. The Kier molecular flexibility index (Phi) is 8.07. The summed E-state index contributed by atoms with van der Waals surface area (Å²) in [5, 5.41) is 0. The molecule has 2 nitrogen and oxygen atoms in total. The van der Waals surface area contributed by atoms with E-state index in [9.17, 15) is 18.0 Å². The predicted molar refractivity (Wildman–Crippen MR) is 77.7 cm³/mol. The molecule has 0 unspecified atom stereocenters. The molecule has 1 rings (SSSR count). The summed E-state index contributed by atoms with van der Waals surface area (Å²) in [6.07, 6.45) is -3.60. The summed E-state index contributed by atoms with van der Waals surface area (Å²) in [6.45, 7) is 7.92. The Balaban J connectivity index is 0.00000191. The molecule has 5 heteroatoms. The second-order valence-corrected chi connectivity index (χ2v) is 4.80. The summed E-state index contributed by atoms with van der Waals surface area (Å²) in [5.74, 6) is 0.0810. The number of rotatable bonds is 5. The number of halogens is 3. The van der Waals surface area contributed by atoms with E-state index in [-0.39, 0.29) is 23.5 Å². The van der Waals surface area contributed by atoms with Crippen LogP contribution in [0.2, 0.25) is 0 Å². The number of ketones is 1. The van der Waals surface area contributed by atoms with Crippen LogP contribution < -0.4 is 4.74 Å². The highest BCUT2D eigenvalue weighted by Gasteiger charge is 2.32. The molecule has 0 saturated heterocycles. The Morgan fingerprint density at radius 3 is 2.19 bits per heavy atom. The van der Waals surface area contributed by atoms with E-state index in [1.165, 1.54) is 13.2 Å². The van der Waals surface area contributed by atoms with Crippen molar-refractivity contribution in [3.05, 3.63) is 29.3 Å². The Morgan fingerprint density at radius 2 is 1.76 bits per heavy atom. The van der Waals surface area contributed by atoms with Gasteiger partial charge in [0.15, 0.2) is 5.78 Å². The van der Waals surface area contributed by atoms with Crippen LogP contribution in [0.3, 0.4) is 0 Å². The summed E-state index contributed by atoms with van der Waals surface area (Å²) >= 11 is 0. The average molecular weight is 304 g/mol. The molecule has 0 aromatic heterocycles. The van der Waals surface area contributed by atoms with E-state index in [0.717, 1.165) is 12.1 Å². The Bertz CT molecular complexity index is 451. The number of carbonyl (C=O) groups excluding carboxylic acids is 1. The van der Waals surface area contributed by atoms with Gasteiger partial charge in [0, 0.05) is 12.0 Å². The minimum atomic E-state index is -4.48. The third-order valence-corrected chi connectivity index (χ3v) is 2.74. The molecule has 0 fully saturated rings. The van der Waals surface area contributed by atoms with Crippen LogP contribution in [0.1, 0.15) is 56.5 Å². The van der Waals surface area contributed by atoms with Crippen LogP contribution in [-0.2, 0) is 6.18 Å². The molecule has 0 saturated carbocycles. The first-order valence-corrected chi connectivity index (χ1v) is 7.03. The first kappa shape index (κ1) is 19.5. The highest BCUT2D eigenvalue weighted by Crippen LogP contribution is 2.33. The molecule has 0 aliphatic carbocycles. The van der Waals surface area contributed by atoms with Crippen molar-refractivity contribution >= 4 is 5.78 Å². The van der Waals surface area contributed by atoms with Crippen LogP contribution in [0.15, 0.2) is 18.2 Å². The maximum atomic E-state index is 12.7. The molecule has 1 aromatic carbocycles. The van der Waals surface area contributed by atoms with Crippen LogP contribution in [0, 0.1) is 5.92 Å². The number of hydrogen-bond donors (Lipinski definition) is 0. The van der Waals surface area contributed by atoms with E-state index in [4.69, 9.17) is 4.74 Å². The molecule has 0 spiro atoms. The summed E-state index contributed by atoms with van der Waals surface area (Å²) < 4.78 is 42.9. The molecule has 0 aliphatic rings. The first-order valence-electron chi connectivity index (χ1n) is 7.03. The van der Waals surface area contributed by atoms with Gasteiger partial charge in [0.2, 0.25) is 0 Å². The van der Waals surface area contributed by atoms with Gasteiger partial charge in [-0.05, 0) is 30.5 Å². The lowest BCUT2D eigenvalue weighted by atomic mass is 9.99. The van der Waals surface area contributed by atoms with Gasteiger partial charge >= 0.3 is 6.18 Å². The van der Waals surface area contributed by atoms with Gasteiger partial charge in [0.1, 0.15) is 5.75 Å². The zero-order valence-electron chi connectivity index (χ0n) is 13.2. The summed E-state index contributed by atoms with van der Waals surface area (Å²) in [4.78, 5) is 11.9. The zero-order chi connectivity index (χ0) is 16.6. The lowest BCUT2D eigenvalue weighted by Crippen LogP contribution is -2.09. The maximum Gasteiger partial charge on any atom is 0.416 e. The Morgan fingerprint density at radius 1 is 1.19 bits per heavy atom. The van der Waals surface area contributed by atoms with Crippen LogP contribution in [0.4, 0.5) is 13.2 Å². The largest absolute Gasteiger partial charge is 0.497 e. The molecule has 0 N–H and O–H groups in total. The minimum Gasteiger partial charge on any atom is -0.497 e. The van der Waals surface area contributed by atoms with Crippen molar-refractivity contribution in [1.29, 1.82) is 0 Å². The second-order valence-electron chi connectivity index (χ2n) is 4.80. The fraction of sp³-hybridized carbons (Fsp3) is 0.562. The normalized spacial score (nSPS) is 10.9. The molecule has 0 heterocycles. The van der Waals surface area contributed by atoms with Gasteiger partial charge in [0.05, 0.1) is 12.7 Å². The molecule has 0 radical (unpaired) electrons. The lowest BCUT2D eigenvalue weighted by Gasteiger charge is -2.11. The van der Waals surface area contributed by atoms with Gasteiger partial charge in [-0.15, -0.1) is 0 Å². The van der Waals surface area contributed by atoms with Crippen LogP contribution in [0.25, 0.3) is 0 Å². The van der Waals surface area contributed by atoms with Crippen LogP contribution in [0.5, 0.6) is 5.75 Å². The van der Waals surface area contributed by atoms with Crippen molar-refractivity contribution in [2.45, 2.75) is 46.7 Å². The summed E-state index contributed by atoms with van der Waals surface area (Å²) in [5.41, 5.74) is -0.813. The maximum absolute atomic E-state index is 12.7. The molecular formula is C16H23F3O2. The highest BCUT2D eigenvalue weighted by molar-refractivity contribution is 5.96.